The van der Waals surface area contributed by atoms with E-state index in [-0.39, 0.29) is 12.7 Å². The summed E-state index contributed by atoms with van der Waals surface area (Å²) in [7, 11) is 0. The van der Waals surface area contributed by atoms with Crippen LogP contribution in [0.15, 0.2) is 12.1 Å². The zero-order valence-electron chi connectivity index (χ0n) is 8.22. The lowest BCUT2D eigenvalue weighted by molar-refractivity contribution is -0.137. The van der Waals surface area contributed by atoms with Crippen LogP contribution in [0.4, 0.5) is 13.2 Å². The van der Waals surface area contributed by atoms with Crippen molar-refractivity contribution in [1.82, 2.24) is 0 Å². The Balaban J connectivity index is 3.13. The van der Waals surface area contributed by atoms with Crippen LogP contribution in [0, 0.1) is 17.5 Å². The number of carbonyl (C=O) groups excluding carboxylic acids is 2. The molecule has 0 bridgehead atoms. The van der Waals surface area contributed by atoms with Crippen molar-refractivity contribution in [2.45, 2.75) is 6.92 Å². The number of ketones is 1. The van der Waals surface area contributed by atoms with E-state index in [2.05, 4.69) is 4.74 Å². The molecule has 0 fully saturated rings. The van der Waals surface area contributed by atoms with Crippen LogP contribution in [0.3, 0.4) is 0 Å². The van der Waals surface area contributed by atoms with Gasteiger partial charge in [0.25, 0.3) is 5.78 Å². The highest BCUT2D eigenvalue weighted by atomic mass is 19.2. The van der Waals surface area contributed by atoms with Gasteiger partial charge in [-0.2, -0.15) is 0 Å². The van der Waals surface area contributed by atoms with Gasteiger partial charge in [0.05, 0.1) is 12.2 Å². The second-order valence-electron chi connectivity index (χ2n) is 2.80. The van der Waals surface area contributed by atoms with E-state index in [0.29, 0.717) is 6.07 Å². The molecule has 0 saturated heterocycles. The van der Waals surface area contributed by atoms with E-state index in [1.165, 1.54) is 6.92 Å². The Morgan fingerprint density at radius 2 is 1.88 bits per heavy atom. The van der Waals surface area contributed by atoms with E-state index in [4.69, 9.17) is 0 Å². The first-order valence-electron chi connectivity index (χ1n) is 4.33. The SMILES string of the molecule is CCOC(=O)C(=O)c1cc(F)cc(F)c1F. The van der Waals surface area contributed by atoms with Crippen LogP contribution < -0.4 is 0 Å². The fraction of sp³-hybridized carbons (Fsp3) is 0.200. The Hall–Kier alpha value is -1.85. The minimum absolute atomic E-state index is 0.0933. The number of Topliss-reactive ketones (excluding diaryl/α,β-unsaturated/α-hetero) is 1. The monoisotopic (exact) mass is 232 g/mol. The fourth-order valence-corrected chi connectivity index (χ4v) is 1.03. The van der Waals surface area contributed by atoms with Gasteiger partial charge in [-0.15, -0.1) is 0 Å². The van der Waals surface area contributed by atoms with Gasteiger partial charge in [0.2, 0.25) is 0 Å². The number of hydrogen-bond acceptors (Lipinski definition) is 3. The lowest BCUT2D eigenvalue weighted by atomic mass is 10.1. The van der Waals surface area contributed by atoms with Gasteiger partial charge < -0.3 is 4.74 Å². The highest BCUT2D eigenvalue weighted by molar-refractivity contribution is 6.40. The average molecular weight is 232 g/mol. The van der Waals surface area contributed by atoms with E-state index in [1.807, 2.05) is 0 Å². The summed E-state index contributed by atoms with van der Waals surface area (Å²) in [4.78, 5) is 22.1. The molecule has 0 unspecified atom stereocenters. The van der Waals surface area contributed by atoms with Gasteiger partial charge in [0, 0.05) is 6.07 Å². The largest absolute Gasteiger partial charge is 0.460 e. The number of rotatable bonds is 3. The third-order valence-corrected chi connectivity index (χ3v) is 1.70. The van der Waals surface area contributed by atoms with E-state index < -0.39 is 34.8 Å². The van der Waals surface area contributed by atoms with E-state index in [1.54, 1.807) is 0 Å². The van der Waals surface area contributed by atoms with Gasteiger partial charge in [-0.25, -0.2) is 18.0 Å². The number of benzene rings is 1. The summed E-state index contributed by atoms with van der Waals surface area (Å²) < 4.78 is 42.8. The molecule has 0 aliphatic heterocycles. The van der Waals surface area contributed by atoms with Crippen LogP contribution in [0.25, 0.3) is 0 Å². The summed E-state index contributed by atoms with van der Waals surface area (Å²) in [6, 6.07) is 0.717. The van der Waals surface area contributed by atoms with Crippen molar-refractivity contribution >= 4 is 11.8 Å². The van der Waals surface area contributed by atoms with Crippen molar-refractivity contribution in [2.75, 3.05) is 6.61 Å². The Kier molecular flexibility index (Phi) is 3.65. The molecule has 0 N–H and O–H groups in total. The fourth-order valence-electron chi connectivity index (χ4n) is 1.03. The number of ether oxygens (including phenoxy) is 1. The standard InChI is InChI=1S/C10H7F3O3/c1-2-16-10(15)9(14)6-3-5(11)4-7(12)8(6)13/h3-4H,2H2,1H3. The molecule has 0 atom stereocenters. The summed E-state index contributed by atoms with van der Waals surface area (Å²) in [5, 5.41) is 0. The molecule has 1 aromatic rings. The second kappa shape index (κ2) is 4.78. The van der Waals surface area contributed by atoms with Crippen molar-refractivity contribution in [3.05, 3.63) is 35.1 Å². The van der Waals surface area contributed by atoms with Crippen molar-refractivity contribution in [2.24, 2.45) is 0 Å². The predicted molar refractivity (Wildman–Crippen MR) is 47.3 cm³/mol. The molecule has 0 aliphatic carbocycles. The van der Waals surface area contributed by atoms with Crippen LogP contribution >= 0.6 is 0 Å². The van der Waals surface area contributed by atoms with Crippen LogP contribution in [0.5, 0.6) is 0 Å². The maximum absolute atomic E-state index is 13.1. The molecule has 0 aromatic heterocycles. The number of halogens is 3. The molecule has 6 heteroatoms. The highest BCUT2D eigenvalue weighted by Crippen LogP contribution is 2.15. The maximum atomic E-state index is 13.1. The minimum Gasteiger partial charge on any atom is -0.460 e. The van der Waals surface area contributed by atoms with Crippen LogP contribution in [-0.4, -0.2) is 18.4 Å². The Morgan fingerprint density at radius 1 is 1.25 bits per heavy atom. The molecule has 0 aliphatic rings. The first-order valence-corrected chi connectivity index (χ1v) is 4.33. The molecule has 0 saturated carbocycles. The molecule has 86 valence electrons. The van der Waals surface area contributed by atoms with E-state index >= 15 is 0 Å². The normalized spacial score (nSPS) is 10.0. The lowest BCUT2D eigenvalue weighted by Gasteiger charge is -2.03. The minimum atomic E-state index is -1.57. The molecular formula is C10H7F3O3. The maximum Gasteiger partial charge on any atom is 0.379 e. The molecule has 1 aromatic carbocycles. The first kappa shape index (κ1) is 12.2. The average Bonchev–Trinajstić information content (AvgIpc) is 2.22. The predicted octanol–water partition coefficient (Wildman–Crippen LogP) is 1.85. The molecule has 0 amide bonds. The lowest BCUT2D eigenvalue weighted by Crippen LogP contribution is -2.19. The first-order chi connectivity index (χ1) is 7.47. The summed E-state index contributed by atoms with van der Waals surface area (Å²) in [5.41, 5.74) is -0.976. The number of esters is 1. The summed E-state index contributed by atoms with van der Waals surface area (Å²) in [5.74, 6) is -7.03. The molecular weight excluding hydrogens is 225 g/mol. The Bertz CT molecular complexity index is 443. The Morgan fingerprint density at radius 3 is 2.44 bits per heavy atom. The van der Waals surface area contributed by atoms with Gasteiger partial charge >= 0.3 is 5.97 Å². The summed E-state index contributed by atoms with van der Waals surface area (Å²) >= 11 is 0. The van der Waals surface area contributed by atoms with Crippen LogP contribution in [0.2, 0.25) is 0 Å². The molecule has 0 spiro atoms. The van der Waals surface area contributed by atoms with Crippen LogP contribution in [0.1, 0.15) is 17.3 Å². The molecule has 0 radical (unpaired) electrons. The number of hydrogen-bond donors (Lipinski definition) is 0. The third-order valence-electron chi connectivity index (χ3n) is 1.70. The second-order valence-corrected chi connectivity index (χ2v) is 2.80. The van der Waals surface area contributed by atoms with Crippen molar-refractivity contribution in [3.63, 3.8) is 0 Å². The summed E-state index contributed by atoms with van der Waals surface area (Å²) in [6.45, 7) is 1.34. The number of carbonyl (C=O) groups is 2. The molecule has 16 heavy (non-hydrogen) atoms. The summed E-state index contributed by atoms with van der Waals surface area (Å²) in [6.07, 6.45) is 0. The van der Waals surface area contributed by atoms with Gasteiger partial charge in [-0.3, -0.25) is 4.79 Å². The topological polar surface area (TPSA) is 43.4 Å². The molecule has 1 rings (SSSR count). The third kappa shape index (κ3) is 2.39. The van der Waals surface area contributed by atoms with Gasteiger partial charge in [-0.1, -0.05) is 0 Å². The Labute approximate surface area is 88.8 Å². The van der Waals surface area contributed by atoms with Gasteiger partial charge in [0.1, 0.15) is 5.82 Å². The molecule has 3 nitrogen and oxygen atoms in total. The zero-order chi connectivity index (χ0) is 12.3. The van der Waals surface area contributed by atoms with Gasteiger partial charge in [-0.05, 0) is 13.0 Å². The smallest absolute Gasteiger partial charge is 0.379 e. The van der Waals surface area contributed by atoms with Crippen molar-refractivity contribution < 1.29 is 27.5 Å². The van der Waals surface area contributed by atoms with Crippen molar-refractivity contribution in [3.8, 4) is 0 Å². The quantitative estimate of drug-likeness (QED) is 0.345. The van der Waals surface area contributed by atoms with Crippen molar-refractivity contribution in [1.29, 1.82) is 0 Å². The zero-order valence-corrected chi connectivity index (χ0v) is 8.22. The van der Waals surface area contributed by atoms with E-state index in [0.717, 1.165) is 0 Å². The highest BCUT2D eigenvalue weighted by Gasteiger charge is 2.24. The van der Waals surface area contributed by atoms with Crippen LogP contribution in [-0.2, 0) is 9.53 Å². The van der Waals surface area contributed by atoms with Gasteiger partial charge in [0.15, 0.2) is 11.6 Å². The molecule has 0 heterocycles. The van der Waals surface area contributed by atoms with E-state index in [9.17, 15) is 22.8 Å².